The Morgan fingerprint density at radius 1 is 1.12 bits per heavy atom. The number of fused-ring (bicyclic) bond motifs is 1. The van der Waals surface area contributed by atoms with Crippen LogP contribution >= 0.6 is 0 Å². The third-order valence-corrected chi connectivity index (χ3v) is 6.46. The highest BCUT2D eigenvalue weighted by atomic mass is 32.2. The summed E-state index contributed by atoms with van der Waals surface area (Å²) in [6, 6.07) is 12.8. The number of halogens is 2. The molecule has 0 radical (unpaired) electrons. The van der Waals surface area contributed by atoms with Crippen LogP contribution in [0.4, 0.5) is 26.0 Å². The molecule has 0 spiro atoms. The molecule has 0 atom stereocenters. The Bertz CT molecular complexity index is 1460. The number of sulfonamides is 1. The number of Topliss-reactive ketones (excluding diaryl/α,β-unsaturated/α-hetero) is 1. The molecule has 11 heteroatoms. The maximum absolute atomic E-state index is 14.9. The minimum absolute atomic E-state index is 0.233. The van der Waals surface area contributed by atoms with Crippen molar-refractivity contribution in [1.82, 2.24) is 15.2 Å². The summed E-state index contributed by atoms with van der Waals surface area (Å²) >= 11 is 0. The number of benzene rings is 2. The lowest BCUT2D eigenvalue weighted by atomic mass is 10.0. The number of hydrogen-bond acceptors (Lipinski definition) is 6. The number of aromatic nitrogens is 3. The summed E-state index contributed by atoms with van der Waals surface area (Å²) in [5, 5.41) is 10.7. The summed E-state index contributed by atoms with van der Waals surface area (Å²) < 4.78 is 55.4. The van der Waals surface area contributed by atoms with Crippen molar-refractivity contribution in [3.8, 4) is 0 Å². The molecule has 0 aliphatic carbocycles. The van der Waals surface area contributed by atoms with Gasteiger partial charge in [0.2, 0.25) is 10.0 Å². The molecule has 2 aromatic heterocycles. The monoisotopic (exact) mass is 485 g/mol. The van der Waals surface area contributed by atoms with Crippen LogP contribution in [0.3, 0.4) is 0 Å². The average molecular weight is 486 g/mol. The van der Waals surface area contributed by atoms with E-state index in [0.717, 1.165) is 17.8 Å². The lowest BCUT2D eigenvalue weighted by Crippen LogP contribution is -2.19. The second-order valence-electron chi connectivity index (χ2n) is 7.61. The first-order valence-corrected chi connectivity index (χ1v) is 12.1. The third-order valence-electron chi connectivity index (χ3n) is 4.98. The molecule has 2 heterocycles. The number of para-hydroxylation sites is 1. The molecular formula is C23H21F2N5O3S. The summed E-state index contributed by atoms with van der Waals surface area (Å²) in [4.78, 5) is 17.0. The molecule has 176 valence electrons. The third kappa shape index (κ3) is 5.04. The lowest BCUT2D eigenvalue weighted by molar-refractivity contribution is 0.0985. The molecule has 0 aliphatic heterocycles. The lowest BCUT2D eigenvalue weighted by Gasteiger charge is -2.11. The van der Waals surface area contributed by atoms with E-state index in [2.05, 4.69) is 25.2 Å². The molecule has 0 unspecified atom stereocenters. The fourth-order valence-corrected chi connectivity index (χ4v) is 4.58. The van der Waals surface area contributed by atoms with E-state index in [1.807, 2.05) is 30.3 Å². The SMILES string of the molecule is CCCS(=O)(=O)Nc1ccc(F)c(C(=O)Cc2cnc3n[nH]c(Nc4ccccc4)c3c2)c1F. The first kappa shape index (κ1) is 23.3. The van der Waals surface area contributed by atoms with Crippen molar-refractivity contribution < 1.29 is 22.0 Å². The van der Waals surface area contributed by atoms with Gasteiger partial charge in [-0.2, -0.15) is 5.10 Å². The molecule has 34 heavy (non-hydrogen) atoms. The van der Waals surface area contributed by atoms with E-state index in [0.29, 0.717) is 28.8 Å². The van der Waals surface area contributed by atoms with Gasteiger partial charge in [0.1, 0.15) is 11.6 Å². The summed E-state index contributed by atoms with van der Waals surface area (Å²) in [7, 11) is -3.82. The van der Waals surface area contributed by atoms with Gasteiger partial charge in [0, 0.05) is 18.3 Å². The van der Waals surface area contributed by atoms with Crippen molar-refractivity contribution in [1.29, 1.82) is 0 Å². The van der Waals surface area contributed by atoms with Crippen LogP contribution in [0.2, 0.25) is 0 Å². The number of H-pyrrole nitrogens is 1. The van der Waals surface area contributed by atoms with Crippen molar-refractivity contribution >= 4 is 44.0 Å². The minimum atomic E-state index is -3.82. The number of aromatic amines is 1. The largest absolute Gasteiger partial charge is 0.340 e. The molecule has 8 nitrogen and oxygen atoms in total. The number of pyridine rings is 1. The van der Waals surface area contributed by atoms with Gasteiger partial charge < -0.3 is 5.32 Å². The van der Waals surface area contributed by atoms with E-state index >= 15 is 0 Å². The molecule has 0 saturated heterocycles. The predicted octanol–water partition coefficient (Wildman–Crippen LogP) is 4.56. The molecule has 0 aliphatic rings. The maximum atomic E-state index is 14.9. The van der Waals surface area contributed by atoms with Crippen molar-refractivity contribution in [2.24, 2.45) is 0 Å². The Morgan fingerprint density at radius 3 is 2.62 bits per heavy atom. The van der Waals surface area contributed by atoms with Crippen LogP contribution in [-0.2, 0) is 16.4 Å². The summed E-state index contributed by atoms with van der Waals surface area (Å²) in [5.41, 5.74) is 0.327. The molecule has 2 aromatic carbocycles. The topological polar surface area (TPSA) is 117 Å². The molecule has 4 rings (SSSR count). The van der Waals surface area contributed by atoms with E-state index < -0.39 is 38.7 Å². The number of nitrogens with zero attached hydrogens (tertiary/aromatic N) is 2. The van der Waals surface area contributed by atoms with Crippen molar-refractivity contribution in [3.63, 3.8) is 0 Å². The maximum Gasteiger partial charge on any atom is 0.232 e. The second-order valence-corrected chi connectivity index (χ2v) is 9.45. The van der Waals surface area contributed by atoms with Gasteiger partial charge in [-0.15, -0.1) is 0 Å². The van der Waals surface area contributed by atoms with E-state index in [4.69, 9.17) is 0 Å². The number of nitrogens with one attached hydrogen (secondary N) is 3. The highest BCUT2D eigenvalue weighted by molar-refractivity contribution is 7.92. The van der Waals surface area contributed by atoms with Crippen LogP contribution in [0.1, 0.15) is 29.3 Å². The molecule has 0 fully saturated rings. The standard InChI is InChI=1S/C23H21F2N5O3S/c1-2-10-34(32,33)30-18-9-8-17(24)20(21(18)25)19(31)12-14-11-16-22(26-13-14)28-29-23(16)27-15-6-4-3-5-7-15/h3-9,11,13,30H,2,10,12H2,1H3,(H2,26,27,28,29). The Labute approximate surface area is 194 Å². The molecule has 0 bridgehead atoms. The Morgan fingerprint density at radius 2 is 1.88 bits per heavy atom. The van der Waals surface area contributed by atoms with E-state index in [1.165, 1.54) is 6.20 Å². The van der Waals surface area contributed by atoms with Gasteiger partial charge in [0.05, 0.1) is 22.4 Å². The zero-order valence-corrected chi connectivity index (χ0v) is 18.9. The highest BCUT2D eigenvalue weighted by Gasteiger charge is 2.23. The van der Waals surface area contributed by atoms with E-state index in [-0.39, 0.29) is 12.2 Å². The van der Waals surface area contributed by atoms with Gasteiger partial charge in [-0.25, -0.2) is 22.2 Å². The van der Waals surface area contributed by atoms with Crippen molar-refractivity contribution in [3.05, 3.63) is 77.5 Å². The Balaban J connectivity index is 1.61. The van der Waals surface area contributed by atoms with Crippen molar-refractivity contribution in [2.45, 2.75) is 19.8 Å². The zero-order chi connectivity index (χ0) is 24.3. The van der Waals surface area contributed by atoms with Gasteiger partial charge in [-0.05, 0) is 42.3 Å². The van der Waals surface area contributed by atoms with E-state index in [1.54, 1.807) is 13.0 Å². The predicted molar refractivity (Wildman–Crippen MR) is 126 cm³/mol. The van der Waals surface area contributed by atoms with Gasteiger partial charge in [0.25, 0.3) is 0 Å². The first-order chi connectivity index (χ1) is 16.3. The van der Waals surface area contributed by atoms with Crippen LogP contribution in [-0.4, -0.2) is 35.1 Å². The highest BCUT2D eigenvalue weighted by Crippen LogP contribution is 2.26. The fourth-order valence-electron chi connectivity index (χ4n) is 3.45. The second kappa shape index (κ2) is 9.56. The smallest absolute Gasteiger partial charge is 0.232 e. The van der Waals surface area contributed by atoms with Crippen molar-refractivity contribution in [2.75, 3.05) is 15.8 Å². The number of rotatable bonds is 9. The summed E-state index contributed by atoms with van der Waals surface area (Å²) in [5.74, 6) is -2.87. The number of anilines is 3. The molecule has 0 saturated carbocycles. The minimum Gasteiger partial charge on any atom is -0.340 e. The number of hydrogen-bond donors (Lipinski definition) is 3. The van der Waals surface area contributed by atoms with Crippen LogP contribution in [0.15, 0.2) is 54.7 Å². The summed E-state index contributed by atoms with van der Waals surface area (Å²) in [6.45, 7) is 1.65. The van der Waals surface area contributed by atoms with Gasteiger partial charge >= 0.3 is 0 Å². The molecular weight excluding hydrogens is 464 g/mol. The normalized spacial score (nSPS) is 11.5. The Kier molecular flexibility index (Phi) is 6.55. The number of carbonyl (C=O) groups is 1. The quantitative estimate of drug-likeness (QED) is 0.299. The van der Waals surface area contributed by atoms with Gasteiger partial charge in [-0.1, -0.05) is 25.1 Å². The molecule has 0 amide bonds. The van der Waals surface area contributed by atoms with Crippen LogP contribution < -0.4 is 10.0 Å². The summed E-state index contributed by atoms with van der Waals surface area (Å²) in [6.07, 6.45) is 1.36. The molecule has 3 N–H and O–H groups in total. The number of carbonyl (C=O) groups excluding carboxylic acids is 1. The molecule has 4 aromatic rings. The van der Waals surface area contributed by atoms with Crippen LogP contribution in [0.5, 0.6) is 0 Å². The van der Waals surface area contributed by atoms with E-state index in [9.17, 15) is 22.0 Å². The Hall–Kier alpha value is -3.86. The van der Waals surface area contributed by atoms with Crippen LogP contribution in [0.25, 0.3) is 11.0 Å². The fraction of sp³-hybridized carbons (Fsp3) is 0.174. The van der Waals surface area contributed by atoms with Crippen LogP contribution in [0, 0.1) is 11.6 Å². The van der Waals surface area contributed by atoms with Gasteiger partial charge in [0.15, 0.2) is 17.2 Å². The average Bonchev–Trinajstić information content (AvgIpc) is 3.18. The van der Waals surface area contributed by atoms with Gasteiger partial charge in [-0.3, -0.25) is 14.6 Å². The first-order valence-electron chi connectivity index (χ1n) is 10.4. The number of ketones is 1. The zero-order valence-electron chi connectivity index (χ0n) is 18.1.